The monoisotopic (exact) mass is 583 g/mol. The van der Waals surface area contributed by atoms with Gasteiger partial charge >= 0.3 is 0 Å². The second kappa shape index (κ2) is 14.3. The predicted octanol–water partition coefficient (Wildman–Crippen LogP) is 4.28. The van der Waals surface area contributed by atoms with Crippen LogP contribution in [0.4, 0.5) is 0 Å². The zero-order valence-corrected chi connectivity index (χ0v) is 24.2. The Labute approximate surface area is 131 Å². The molecule has 0 radical (unpaired) electrons. The second-order valence-electron chi connectivity index (χ2n) is 7.24. The first kappa shape index (κ1) is 25.3. The van der Waals surface area contributed by atoms with E-state index in [0.29, 0.717) is 0 Å². The van der Waals surface area contributed by atoms with E-state index in [4.69, 9.17) is 0 Å². The van der Waals surface area contributed by atoms with Crippen LogP contribution in [0.3, 0.4) is 0 Å². The van der Waals surface area contributed by atoms with Crippen LogP contribution in [-0.2, 0) is 0 Å². The molecule has 0 rings (SSSR count). The molecule has 126 valence electrons. The van der Waals surface area contributed by atoms with Crippen LogP contribution in [0.25, 0.3) is 0 Å². The molecule has 0 unspecified atom stereocenters. The van der Waals surface area contributed by atoms with Crippen LogP contribution >= 0.6 is 0 Å². The summed E-state index contributed by atoms with van der Waals surface area (Å²) in [5, 5.41) is 6.33. The van der Waals surface area contributed by atoms with Crippen molar-refractivity contribution in [2.24, 2.45) is 0 Å². The topological polar surface area (TPSA) is 24.1 Å². The summed E-state index contributed by atoms with van der Waals surface area (Å²) in [5.41, 5.74) is 0. The van der Waals surface area contributed by atoms with E-state index < -0.39 is 16.1 Å². The summed E-state index contributed by atoms with van der Waals surface area (Å²) >= 11 is 0. The van der Waals surface area contributed by atoms with Crippen LogP contribution in [0.5, 0.6) is 0 Å². The Hall–Kier alpha value is -0.646. The molecule has 0 heterocycles. The Balaban J connectivity index is -0.000000295. The number of nitrogens with one attached hydrogen (secondary N) is 2. The van der Waals surface area contributed by atoms with Gasteiger partial charge in [-0.15, -0.1) is 0 Å². The maximum Gasteiger partial charge on any atom is 0.0178 e. The van der Waals surface area contributed by atoms with Crippen molar-refractivity contribution in [1.29, 1.82) is 0 Å². The van der Waals surface area contributed by atoms with Gasteiger partial charge in [0.15, 0.2) is 0 Å². The van der Waals surface area contributed by atoms with Crippen molar-refractivity contribution < 1.29 is 0 Å². The molecule has 0 aromatic rings. The minimum absolute atomic E-state index is 0. The van der Waals surface area contributed by atoms with Gasteiger partial charge in [0.2, 0.25) is 0 Å². The molecular weight excluding hydrogens is 543 g/mol. The van der Waals surface area contributed by atoms with Gasteiger partial charge in [0.05, 0.1) is 0 Å². The fourth-order valence-corrected chi connectivity index (χ4v) is 4.51. The molecule has 0 aliphatic heterocycles. The van der Waals surface area contributed by atoms with E-state index in [2.05, 4.69) is 50.7 Å². The van der Waals surface area contributed by atoms with Crippen LogP contribution in [0.1, 0.15) is 12.8 Å². The Morgan fingerprint density at radius 1 is 0.714 bits per heavy atom. The Bertz CT molecular complexity index is 190. The molecule has 21 heavy (non-hydrogen) atoms. The molecule has 2 N–H and O–H groups in total. The predicted molar refractivity (Wildman–Crippen MR) is 102 cm³/mol. The summed E-state index contributed by atoms with van der Waals surface area (Å²) in [4.78, 5) is 0. The van der Waals surface area contributed by atoms with E-state index in [1.807, 2.05) is 14.1 Å². The zero-order chi connectivity index (χ0) is 16.1. The molecule has 2 nitrogen and oxygen atoms in total. The number of hydrogen-bond donors (Lipinski definition) is 2. The van der Waals surface area contributed by atoms with Crippen LogP contribution in [0, 0.1) is 13.8 Å². The van der Waals surface area contributed by atoms with Crippen molar-refractivity contribution in [3.63, 3.8) is 0 Å². The van der Waals surface area contributed by atoms with Gasteiger partial charge in [-0.05, 0) is 40.0 Å². The third-order valence-corrected chi connectivity index (χ3v) is 10.0. The van der Waals surface area contributed by atoms with Gasteiger partial charge in [-0.2, -0.15) is 12.1 Å². The van der Waals surface area contributed by atoms with Crippen molar-refractivity contribution in [1.82, 2.24) is 10.6 Å². The second-order valence-corrected chi connectivity index (χ2v) is 17.9. The SMILES string of the molecule is [CH2-]C[Si](C)(C)CCCNC.[CH2-]C[Si](C)(C)CCCNC.[Rf]. The Morgan fingerprint density at radius 3 is 1.19 bits per heavy atom. The van der Waals surface area contributed by atoms with E-state index >= 15 is 0 Å². The molecule has 5 heteroatoms. The molecule has 0 bridgehead atoms. The van der Waals surface area contributed by atoms with E-state index in [1.165, 1.54) is 37.0 Å². The van der Waals surface area contributed by atoms with Gasteiger partial charge < -0.3 is 24.5 Å². The first-order valence-electron chi connectivity index (χ1n) is 8.12. The average molecular weight is 584 g/mol. The molecule has 0 atom stereocenters. The Kier molecular flexibility index (Phi) is 17.2. The van der Waals surface area contributed by atoms with Crippen LogP contribution in [0.15, 0.2) is 0 Å². The maximum atomic E-state index is 3.98. The van der Waals surface area contributed by atoms with Gasteiger partial charge in [0, 0.05) is 16.1 Å². The van der Waals surface area contributed by atoms with E-state index in [1.54, 1.807) is 0 Å². The summed E-state index contributed by atoms with van der Waals surface area (Å²) < 4.78 is 0. The largest absolute Gasteiger partial charge is 0.346 e. The van der Waals surface area contributed by atoms with Gasteiger partial charge in [0.25, 0.3) is 0 Å². The molecule has 0 saturated heterocycles. The summed E-state index contributed by atoms with van der Waals surface area (Å²) in [5.74, 6) is 0. The molecule has 0 saturated carbocycles. The van der Waals surface area contributed by atoms with Gasteiger partial charge in [0.1, 0.15) is 0 Å². The summed E-state index contributed by atoms with van der Waals surface area (Å²) in [6.45, 7) is 19.9. The third kappa shape index (κ3) is 19.4. The molecule has 0 fully saturated rings. The number of rotatable bonds is 10. The van der Waals surface area contributed by atoms with E-state index in [-0.39, 0.29) is 0 Å². The minimum Gasteiger partial charge on any atom is -0.346 e. The van der Waals surface area contributed by atoms with Crippen LogP contribution < -0.4 is 10.6 Å². The fourth-order valence-electron chi connectivity index (χ4n) is 1.74. The molecule has 0 aliphatic carbocycles. The normalized spacial score (nSPS) is 11.4. The van der Waals surface area contributed by atoms with Gasteiger partial charge in [-0.1, -0.05) is 38.3 Å². The molecule has 0 amide bonds. The molecule has 0 aliphatic rings. The molecule has 0 aromatic carbocycles. The van der Waals surface area contributed by atoms with Crippen LogP contribution in [0.2, 0.25) is 50.4 Å². The first-order chi connectivity index (χ1) is 9.24. The van der Waals surface area contributed by atoms with Crippen molar-refractivity contribution >= 4 is 16.1 Å². The third-order valence-electron chi connectivity index (χ3n) is 3.91. The molecule has 0 aromatic heterocycles. The molecule has 0 spiro atoms. The molecular formula is C16H40N2RfSi2-2. The zero-order valence-electron chi connectivity index (χ0n) is 15.8. The van der Waals surface area contributed by atoms with Gasteiger partial charge in [-0.3, -0.25) is 0 Å². The summed E-state index contributed by atoms with van der Waals surface area (Å²) in [7, 11) is 2.29. The fraction of sp³-hybridized carbons (Fsp3) is 0.875. The van der Waals surface area contributed by atoms with Crippen molar-refractivity contribution in [2.45, 2.75) is 63.2 Å². The van der Waals surface area contributed by atoms with Crippen molar-refractivity contribution in [2.75, 3.05) is 27.2 Å². The maximum absolute atomic E-state index is 3.98. The quantitative estimate of drug-likeness (QED) is 0.228. The van der Waals surface area contributed by atoms with Crippen LogP contribution in [-0.4, -0.2) is 43.3 Å². The van der Waals surface area contributed by atoms with Crippen molar-refractivity contribution in [3.8, 4) is 0 Å². The first-order valence-corrected chi connectivity index (χ1v) is 14.9. The standard InChI is InChI=1S/2C8H20NSi.Rf/c2*1-5-10(3,4)8-6-7-9-2;/h2*9H,1,5-8H2,2-4H3;/q2*-1;. The number of hydrogen-bond acceptors (Lipinski definition) is 2. The van der Waals surface area contributed by atoms with Crippen molar-refractivity contribution in [3.05, 3.63) is 13.8 Å². The Morgan fingerprint density at radius 2 is 1.00 bits per heavy atom. The summed E-state index contributed by atoms with van der Waals surface area (Å²) in [6, 6.07) is 5.18. The average Bonchev–Trinajstić information content (AvgIpc) is 2.40. The van der Waals surface area contributed by atoms with E-state index in [0.717, 1.165) is 13.1 Å². The smallest absolute Gasteiger partial charge is 0.0178 e. The minimum atomic E-state index is -0.866. The van der Waals surface area contributed by atoms with E-state index in [9.17, 15) is 0 Å². The van der Waals surface area contributed by atoms with Gasteiger partial charge in [-0.25, -0.2) is 0 Å². The summed E-state index contributed by atoms with van der Waals surface area (Å²) in [6.07, 6.45) is 2.65.